The van der Waals surface area contributed by atoms with Gasteiger partial charge in [-0.2, -0.15) is 0 Å². The van der Waals surface area contributed by atoms with Gasteiger partial charge in [-0.25, -0.2) is 0 Å². The monoisotopic (exact) mass is 324 g/mol. The molecule has 1 heterocycles. The minimum Gasteiger partial charge on any atom is -0.483 e. The number of para-hydroxylation sites is 2. The molecule has 0 atom stereocenters. The van der Waals surface area contributed by atoms with Gasteiger partial charge in [0.05, 0.1) is 0 Å². The van der Waals surface area contributed by atoms with Gasteiger partial charge in [-0.1, -0.05) is 36.4 Å². The lowest BCUT2D eigenvalue weighted by molar-refractivity contribution is -0.123. The van der Waals surface area contributed by atoms with Gasteiger partial charge < -0.3 is 9.15 Å². The first kappa shape index (κ1) is 15.6. The van der Waals surface area contributed by atoms with Crippen molar-refractivity contribution in [3.63, 3.8) is 0 Å². The maximum Gasteiger partial charge on any atom is 0.305 e. The quantitative estimate of drug-likeness (QED) is 0.723. The van der Waals surface area contributed by atoms with E-state index >= 15 is 0 Å². The van der Waals surface area contributed by atoms with E-state index in [-0.39, 0.29) is 12.4 Å². The zero-order valence-corrected chi connectivity index (χ0v) is 13.0. The summed E-state index contributed by atoms with van der Waals surface area (Å²) in [6.07, 6.45) is 0. The van der Waals surface area contributed by atoms with Gasteiger partial charge in [-0.15, -0.1) is 0 Å². The first-order chi connectivity index (χ1) is 11.6. The van der Waals surface area contributed by atoms with Crippen LogP contribution in [0.5, 0.6) is 5.75 Å². The maximum absolute atomic E-state index is 12.0. The van der Waals surface area contributed by atoms with E-state index in [0.29, 0.717) is 11.3 Å². The fraction of sp³-hybridized carbons (Fsp3) is 0.111. The number of nitrogens with one attached hydrogen (secondary N) is 2. The molecule has 2 aromatic carbocycles. The Hall–Kier alpha value is -3.28. The molecule has 2 amide bonds. The SMILES string of the molecule is Cc1ccccc1OCC(=O)NNC(=O)c1cc2ccccc2o1. The van der Waals surface area contributed by atoms with Crippen molar-refractivity contribution in [3.05, 3.63) is 65.9 Å². The van der Waals surface area contributed by atoms with E-state index in [2.05, 4.69) is 10.9 Å². The average molecular weight is 324 g/mol. The summed E-state index contributed by atoms with van der Waals surface area (Å²) in [6, 6.07) is 16.2. The van der Waals surface area contributed by atoms with E-state index in [9.17, 15) is 9.59 Å². The number of benzene rings is 2. The predicted octanol–water partition coefficient (Wildman–Crippen LogP) is 2.58. The molecule has 1 aromatic heterocycles. The van der Waals surface area contributed by atoms with Crippen molar-refractivity contribution in [2.24, 2.45) is 0 Å². The second kappa shape index (κ2) is 6.87. The van der Waals surface area contributed by atoms with Crippen molar-refractivity contribution >= 4 is 22.8 Å². The molecule has 6 nitrogen and oxygen atoms in total. The van der Waals surface area contributed by atoms with E-state index in [4.69, 9.17) is 9.15 Å². The van der Waals surface area contributed by atoms with Gasteiger partial charge in [-0.05, 0) is 30.7 Å². The molecule has 0 unspecified atom stereocenters. The number of carbonyl (C=O) groups is 2. The van der Waals surface area contributed by atoms with Crippen LogP contribution in [0.25, 0.3) is 11.0 Å². The average Bonchev–Trinajstić information content (AvgIpc) is 3.03. The molecule has 0 fully saturated rings. The molecule has 0 saturated carbocycles. The summed E-state index contributed by atoms with van der Waals surface area (Å²) in [6.45, 7) is 1.68. The van der Waals surface area contributed by atoms with Gasteiger partial charge in [0.2, 0.25) is 0 Å². The van der Waals surface area contributed by atoms with Crippen LogP contribution in [-0.2, 0) is 4.79 Å². The maximum atomic E-state index is 12.0. The van der Waals surface area contributed by atoms with E-state index in [1.54, 1.807) is 18.2 Å². The molecule has 3 rings (SSSR count). The fourth-order valence-electron chi connectivity index (χ4n) is 2.18. The van der Waals surface area contributed by atoms with E-state index < -0.39 is 11.8 Å². The minimum absolute atomic E-state index is 0.122. The summed E-state index contributed by atoms with van der Waals surface area (Å²) in [4.78, 5) is 23.7. The molecule has 2 N–H and O–H groups in total. The third-order valence-electron chi connectivity index (χ3n) is 3.42. The predicted molar refractivity (Wildman–Crippen MR) is 88.5 cm³/mol. The lowest BCUT2D eigenvalue weighted by atomic mass is 10.2. The summed E-state index contributed by atoms with van der Waals surface area (Å²) in [5.74, 6) is -0.259. The molecule has 0 saturated heterocycles. The van der Waals surface area contributed by atoms with Crippen LogP contribution in [-0.4, -0.2) is 18.4 Å². The Balaban J connectivity index is 1.52. The summed E-state index contributed by atoms with van der Waals surface area (Å²) in [7, 11) is 0. The zero-order valence-electron chi connectivity index (χ0n) is 13.0. The van der Waals surface area contributed by atoms with Gasteiger partial charge in [-0.3, -0.25) is 20.4 Å². The standard InChI is InChI=1S/C18H16N2O4/c1-12-6-2-4-8-14(12)23-11-17(21)19-20-18(22)16-10-13-7-3-5-9-15(13)24-16/h2-10H,11H2,1H3,(H,19,21)(H,20,22). The molecule has 0 aliphatic heterocycles. The smallest absolute Gasteiger partial charge is 0.305 e. The van der Waals surface area contributed by atoms with Crippen LogP contribution >= 0.6 is 0 Å². The number of furan rings is 1. The highest BCUT2D eigenvalue weighted by atomic mass is 16.5. The van der Waals surface area contributed by atoms with Crippen molar-refractivity contribution in [3.8, 4) is 5.75 Å². The number of rotatable bonds is 4. The van der Waals surface area contributed by atoms with Crippen molar-refractivity contribution in [2.75, 3.05) is 6.61 Å². The summed E-state index contributed by atoms with van der Waals surface area (Å²) >= 11 is 0. The Morgan fingerprint density at radius 1 is 1.04 bits per heavy atom. The second-order valence-electron chi connectivity index (χ2n) is 5.20. The summed E-state index contributed by atoms with van der Waals surface area (Å²) < 4.78 is 10.8. The number of aryl methyl sites for hydroxylation is 1. The van der Waals surface area contributed by atoms with E-state index in [1.165, 1.54) is 0 Å². The van der Waals surface area contributed by atoms with Crippen LogP contribution < -0.4 is 15.6 Å². The summed E-state index contributed by atoms with van der Waals surface area (Å²) in [5, 5.41) is 0.817. The normalized spacial score (nSPS) is 10.4. The molecular formula is C18H16N2O4. The largest absolute Gasteiger partial charge is 0.483 e. The highest BCUT2D eigenvalue weighted by Crippen LogP contribution is 2.18. The lowest BCUT2D eigenvalue weighted by Crippen LogP contribution is -2.43. The van der Waals surface area contributed by atoms with Crippen LogP contribution in [0, 0.1) is 6.92 Å². The van der Waals surface area contributed by atoms with Crippen molar-refractivity contribution < 1.29 is 18.7 Å². The number of fused-ring (bicyclic) bond motifs is 1. The van der Waals surface area contributed by atoms with E-state index in [1.807, 2.05) is 43.3 Å². The summed E-state index contributed by atoms with van der Waals surface area (Å²) in [5.41, 5.74) is 6.13. The van der Waals surface area contributed by atoms with Crippen molar-refractivity contribution in [2.45, 2.75) is 6.92 Å². The molecule has 122 valence electrons. The van der Waals surface area contributed by atoms with Crippen molar-refractivity contribution in [1.82, 2.24) is 10.9 Å². The molecule has 0 aliphatic rings. The number of hydrazine groups is 1. The molecule has 0 aliphatic carbocycles. The van der Waals surface area contributed by atoms with Crippen LogP contribution in [0.2, 0.25) is 0 Å². The van der Waals surface area contributed by atoms with Crippen LogP contribution in [0.4, 0.5) is 0 Å². The Bertz CT molecular complexity index is 852. The number of amides is 2. The minimum atomic E-state index is -0.532. The van der Waals surface area contributed by atoms with Crippen LogP contribution in [0.1, 0.15) is 16.1 Å². The molecule has 6 heteroatoms. The Kier molecular flexibility index (Phi) is 4.47. The van der Waals surface area contributed by atoms with Gasteiger partial charge in [0.15, 0.2) is 12.4 Å². The van der Waals surface area contributed by atoms with Gasteiger partial charge in [0.1, 0.15) is 11.3 Å². The first-order valence-corrected chi connectivity index (χ1v) is 7.39. The molecule has 0 radical (unpaired) electrons. The van der Waals surface area contributed by atoms with Gasteiger partial charge in [0.25, 0.3) is 5.91 Å². The zero-order chi connectivity index (χ0) is 16.9. The van der Waals surface area contributed by atoms with Gasteiger partial charge in [0, 0.05) is 5.39 Å². The topological polar surface area (TPSA) is 80.6 Å². The molecule has 3 aromatic rings. The third-order valence-corrected chi connectivity index (χ3v) is 3.42. The number of hydrogen-bond donors (Lipinski definition) is 2. The Labute approximate surface area is 138 Å². The highest BCUT2D eigenvalue weighted by Gasteiger charge is 2.13. The number of carbonyl (C=O) groups excluding carboxylic acids is 2. The lowest BCUT2D eigenvalue weighted by Gasteiger charge is -2.09. The molecule has 24 heavy (non-hydrogen) atoms. The first-order valence-electron chi connectivity index (χ1n) is 7.39. The van der Waals surface area contributed by atoms with E-state index in [0.717, 1.165) is 10.9 Å². The Morgan fingerprint density at radius 3 is 2.58 bits per heavy atom. The number of ether oxygens (including phenoxy) is 1. The van der Waals surface area contributed by atoms with Crippen molar-refractivity contribution in [1.29, 1.82) is 0 Å². The van der Waals surface area contributed by atoms with Crippen LogP contribution in [0.3, 0.4) is 0 Å². The second-order valence-corrected chi connectivity index (χ2v) is 5.20. The molecular weight excluding hydrogens is 308 g/mol. The fourth-order valence-corrected chi connectivity index (χ4v) is 2.18. The third kappa shape index (κ3) is 3.55. The Morgan fingerprint density at radius 2 is 1.79 bits per heavy atom. The highest BCUT2D eigenvalue weighted by molar-refractivity contribution is 5.97. The number of hydrogen-bond acceptors (Lipinski definition) is 4. The molecule has 0 bridgehead atoms. The van der Waals surface area contributed by atoms with Crippen LogP contribution in [0.15, 0.2) is 59.0 Å². The molecule has 0 spiro atoms. The van der Waals surface area contributed by atoms with Gasteiger partial charge >= 0.3 is 5.91 Å².